The Morgan fingerprint density at radius 2 is 1.67 bits per heavy atom. The van der Waals surface area contributed by atoms with Crippen LogP contribution in [0, 0.1) is 10.1 Å². The summed E-state index contributed by atoms with van der Waals surface area (Å²) in [5.41, 5.74) is 5.51. The molecule has 0 atom stereocenters. The lowest BCUT2D eigenvalue weighted by molar-refractivity contribution is -0.384. The molecule has 0 unspecified atom stereocenters. The predicted molar refractivity (Wildman–Crippen MR) is 93.6 cm³/mol. The first kappa shape index (κ1) is 17.7. The lowest BCUT2D eigenvalue weighted by Gasteiger charge is -2.05. The number of rotatable bonds is 5. The largest absolute Gasteiger partial charge is 0.291 e. The Hall–Kier alpha value is -4.08. The van der Waals surface area contributed by atoms with Crippen molar-refractivity contribution in [2.45, 2.75) is 6.54 Å². The van der Waals surface area contributed by atoms with Crippen LogP contribution >= 0.6 is 0 Å². The van der Waals surface area contributed by atoms with Crippen molar-refractivity contribution in [2.75, 3.05) is 0 Å². The maximum atomic E-state index is 12.1. The predicted octanol–water partition coefficient (Wildman–Crippen LogP) is 1.31. The standard InChI is InChI=1S/C17H14N6O4/c24-16(13-6-8-14(9-7-13)23(26)27)19-20-17(25)15-11-22(21-18-15)10-12-4-2-1-3-5-12/h1-9,11H,10H2,(H,19,24)(H,20,25). The minimum absolute atomic E-state index is 0.0370. The lowest BCUT2D eigenvalue weighted by Crippen LogP contribution is -2.41. The van der Waals surface area contributed by atoms with Crippen LogP contribution in [0.1, 0.15) is 26.4 Å². The van der Waals surface area contributed by atoms with Gasteiger partial charge in [-0.3, -0.25) is 30.6 Å². The van der Waals surface area contributed by atoms with Gasteiger partial charge in [-0.05, 0) is 17.7 Å². The van der Waals surface area contributed by atoms with Gasteiger partial charge in [0.05, 0.1) is 17.7 Å². The smallest absolute Gasteiger partial charge is 0.267 e. The number of non-ortho nitro benzene ring substituents is 1. The van der Waals surface area contributed by atoms with Gasteiger partial charge in [0, 0.05) is 17.7 Å². The van der Waals surface area contributed by atoms with Gasteiger partial charge in [-0.15, -0.1) is 5.10 Å². The van der Waals surface area contributed by atoms with Crippen molar-refractivity contribution in [3.05, 3.63) is 87.7 Å². The van der Waals surface area contributed by atoms with E-state index in [9.17, 15) is 19.7 Å². The molecule has 10 heteroatoms. The molecule has 0 aliphatic carbocycles. The summed E-state index contributed by atoms with van der Waals surface area (Å²) in [6, 6.07) is 14.5. The second-order valence-electron chi connectivity index (χ2n) is 5.50. The average Bonchev–Trinajstić information content (AvgIpc) is 3.15. The molecule has 2 aromatic carbocycles. The molecule has 136 valence electrons. The molecule has 2 N–H and O–H groups in total. The van der Waals surface area contributed by atoms with Crippen LogP contribution in [0.25, 0.3) is 0 Å². The van der Waals surface area contributed by atoms with Crippen LogP contribution < -0.4 is 10.9 Å². The zero-order valence-electron chi connectivity index (χ0n) is 13.9. The molecule has 0 saturated carbocycles. The minimum atomic E-state index is -0.635. The summed E-state index contributed by atoms with van der Waals surface area (Å²) in [4.78, 5) is 34.1. The molecular formula is C17H14N6O4. The number of carbonyl (C=O) groups is 2. The van der Waals surface area contributed by atoms with Crippen LogP contribution in [0.5, 0.6) is 0 Å². The minimum Gasteiger partial charge on any atom is -0.267 e. The van der Waals surface area contributed by atoms with Gasteiger partial charge in [0.1, 0.15) is 0 Å². The summed E-state index contributed by atoms with van der Waals surface area (Å²) in [6.45, 7) is 0.455. The van der Waals surface area contributed by atoms with E-state index in [1.165, 1.54) is 35.1 Å². The molecule has 3 aromatic rings. The van der Waals surface area contributed by atoms with E-state index in [1.807, 2.05) is 30.3 Å². The lowest BCUT2D eigenvalue weighted by atomic mass is 10.2. The van der Waals surface area contributed by atoms with Crippen LogP contribution in [0.3, 0.4) is 0 Å². The second kappa shape index (κ2) is 7.87. The van der Waals surface area contributed by atoms with Crippen LogP contribution in [-0.4, -0.2) is 31.7 Å². The highest BCUT2D eigenvalue weighted by Crippen LogP contribution is 2.11. The third kappa shape index (κ3) is 4.51. The third-order valence-corrected chi connectivity index (χ3v) is 3.59. The van der Waals surface area contributed by atoms with Crippen LogP contribution in [0.4, 0.5) is 5.69 Å². The monoisotopic (exact) mass is 366 g/mol. The van der Waals surface area contributed by atoms with Crippen molar-refractivity contribution in [1.82, 2.24) is 25.8 Å². The Labute approximate surface area is 152 Å². The highest BCUT2D eigenvalue weighted by atomic mass is 16.6. The summed E-state index contributed by atoms with van der Waals surface area (Å²) < 4.78 is 1.50. The molecule has 1 heterocycles. The van der Waals surface area contributed by atoms with Gasteiger partial charge in [-0.1, -0.05) is 35.5 Å². The maximum Gasteiger partial charge on any atom is 0.291 e. The fourth-order valence-corrected chi connectivity index (χ4v) is 2.23. The molecular weight excluding hydrogens is 352 g/mol. The van der Waals surface area contributed by atoms with Gasteiger partial charge < -0.3 is 0 Å². The zero-order chi connectivity index (χ0) is 19.2. The van der Waals surface area contributed by atoms with Crippen molar-refractivity contribution < 1.29 is 14.5 Å². The molecule has 0 aliphatic heterocycles. The van der Waals surface area contributed by atoms with Gasteiger partial charge in [0.2, 0.25) is 0 Å². The van der Waals surface area contributed by atoms with E-state index in [2.05, 4.69) is 21.2 Å². The van der Waals surface area contributed by atoms with E-state index >= 15 is 0 Å². The Kier molecular flexibility index (Phi) is 5.17. The summed E-state index contributed by atoms with van der Waals surface area (Å²) in [5.74, 6) is -1.25. The third-order valence-electron chi connectivity index (χ3n) is 3.59. The van der Waals surface area contributed by atoms with Crippen LogP contribution in [-0.2, 0) is 6.54 Å². The molecule has 0 bridgehead atoms. The van der Waals surface area contributed by atoms with Crippen molar-refractivity contribution >= 4 is 17.5 Å². The van der Waals surface area contributed by atoms with Gasteiger partial charge >= 0.3 is 0 Å². The van der Waals surface area contributed by atoms with E-state index in [-0.39, 0.29) is 16.9 Å². The number of nitrogens with zero attached hydrogens (tertiary/aromatic N) is 4. The average molecular weight is 366 g/mol. The Morgan fingerprint density at radius 3 is 2.33 bits per heavy atom. The number of amides is 2. The van der Waals surface area contributed by atoms with Gasteiger partial charge in [-0.25, -0.2) is 4.68 Å². The molecule has 2 amide bonds. The van der Waals surface area contributed by atoms with Crippen LogP contribution in [0.15, 0.2) is 60.8 Å². The fraction of sp³-hybridized carbons (Fsp3) is 0.0588. The first-order valence-electron chi connectivity index (χ1n) is 7.82. The molecule has 10 nitrogen and oxygen atoms in total. The van der Waals surface area contributed by atoms with Crippen molar-refractivity contribution in [3.8, 4) is 0 Å². The van der Waals surface area contributed by atoms with E-state index < -0.39 is 16.7 Å². The molecule has 0 radical (unpaired) electrons. The van der Waals surface area contributed by atoms with Crippen molar-refractivity contribution in [2.24, 2.45) is 0 Å². The molecule has 0 aliphatic rings. The first-order valence-corrected chi connectivity index (χ1v) is 7.82. The summed E-state index contributed by atoms with van der Waals surface area (Å²) in [7, 11) is 0. The normalized spacial score (nSPS) is 10.2. The SMILES string of the molecule is O=C(NNC(=O)c1cn(Cc2ccccc2)nn1)c1ccc([N+](=O)[O-])cc1. The summed E-state index contributed by atoms with van der Waals surface area (Å²) in [5, 5.41) is 18.2. The number of aromatic nitrogens is 3. The van der Waals surface area contributed by atoms with Crippen LogP contribution in [0.2, 0.25) is 0 Å². The summed E-state index contributed by atoms with van der Waals surface area (Å²) in [6.07, 6.45) is 1.46. The number of carbonyl (C=O) groups excluding carboxylic acids is 2. The quantitative estimate of drug-likeness (QED) is 0.517. The number of hydrogen-bond donors (Lipinski definition) is 2. The highest BCUT2D eigenvalue weighted by molar-refractivity contribution is 5.98. The number of hydrazine groups is 1. The molecule has 3 rings (SSSR count). The van der Waals surface area contributed by atoms with Gasteiger partial charge in [0.15, 0.2) is 5.69 Å². The number of nitro groups is 1. The van der Waals surface area contributed by atoms with Crippen molar-refractivity contribution in [1.29, 1.82) is 0 Å². The molecule has 27 heavy (non-hydrogen) atoms. The van der Waals surface area contributed by atoms with E-state index in [0.29, 0.717) is 6.54 Å². The van der Waals surface area contributed by atoms with E-state index in [1.54, 1.807) is 0 Å². The molecule has 1 aromatic heterocycles. The molecule has 0 fully saturated rings. The van der Waals surface area contributed by atoms with E-state index in [4.69, 9.17) is 0 Å². The molecule has 0 spiro atoms. The Balaban J connectivity index is 1.56. The Morgan fingerprint density at radius 1 is 1.00 bits per heavy atom. The Bertz CT molecular complexity index is 969. The number of nitro benzene ring substituents is 1. The van der Waals surface area contributed by atoms with E-state index in [0.717, 1.165) is 5.56 Å². The summed E-state index contributed by atoms with van der Waals surface area (Å²) >= 11 is 0. The zero-order valence-corrected chi connectivity index (χ0v) is 13.9. The second-order valence-corrected chi connectivity index (χ2v) is 5.50. The number of nitrogens with one attached hydrogen (secondary N) is 2. The number of hydrogen-bond acceptors (Lipinski definition) is 6. The maximum absolute atomic E-state index is 12.1. The number of benzene rings is 2. The molecule has 0 saturated heterocycles. The van der Waals surface area contributed by atoms with Gasteiger partial charge in [-0.2, -0.15) is 0 Å². The van der Waals surface area contributed by atoms with Gasteiger partial charge in [0.25, 0.3) is 17.5 Å². The first-order chi connectivity index (χ1) is 13.0. The fourth-order valence-electron chi connectivity index (χ4n) is 2.23. The van der Waals surface area contributed by atoms with Crippen molar-refractivity contribution in [3.63, 3.8) is 0 Å². The topological polar surface area (TPSA) is 132 Å². The highest BCUT2D eigenvalue weighted by Gasteiger charge is 2.14.